The number of fused-ring (bicyclic) bond motifs is 3. The predicted octanol–water partition coefficient (Wildman–Crippen LogP) is 12.0. The lowest BCUT2D eigenvalue weighted by atomic mass is 9.92. The van der Waals surface area contributed by atoms with Crippen LogP contribution in [0.4, 0.5) is 13.2 Å². The van der Waals surface area contributed by atoms with Crippen LogP contribution in [0.15, 0.2) is 48.6 Å². The molecule has 0 saturated heterocycles. The molecule has 0 spiro atoms. The number of hydrogen-bond donors (Lipinski definition) is 2. The van der Waals surface area contributed by atoms with Crippen molar-refractivity contribution in [1.82, 2.24) is 0 Å². The number of unbranched alkanes of at least 4 members (excludes halogenated alkanes) is 13. The molecule has 298 valence electrons. The molecule has 3 aromatic rings. The fourth-order valence-corrected chi connectivity index (χ4v) is 7.27. The molecule has 0 heterocycles. The first-order chi connectivity index (χ1) is 25.4. The third-order valence-electron chi connectivity index (χ3n) is 9.88. The van der Waals surface area contributed by atoms with Crippen molar-refractivity contribution in [2.45, 2.75) is 155 Å². The van der Waals surface area contributed by atoms with Crippen LogP contribution in [-0.4, -0.2) is 30.7 Å². The molecule has 0 aliphatic heterocycles. The Hall–Kier alpha value is -2.32. The van der Waals surface area contributed by atoms with Crippen molar-refractivity contribution in [2.75, 3.05) is 19.6 Å². The number of allylic oxidation sites excluding steroid dienone is 2. The Morgan fingerprint density at radius 3 is 1.83 bits per heavy atom. The van der Waals surface area contributed by atoms with Crippen molar-refractivity contribution in [3.8, 4) is 0 Å². The molecule has 1 atom stereocenters. The van der Waals surface area contributed by atoms with Gasteiger partial charge in [-0.1, -0.05) is 126 Å². The minimum absolute atomic E-state index is 0.220. The van der Waals surface area contributed by atoms with E-state index in [0.717, 1.165) is 76.7 Å². The van der Waals surface area contributed by atoms with Crippen molar-refractivity contribution in [1.29, 1.82) is 0 Å². The summed E-state index contributed by atoms with van der Waals surface area (Å²) in [6.45, 7) is 9.50. The van der Waals surface area contributed by atoms with E-state index in [4.69, 9.17) is 23.2 Å². The van der Waals surface area contributed by atoms with E-state index in [1.807, 2.05) is 0 Å². The average Bonchev–Trinajstić information content (AvgIpc) is 3.12. The molecule has 0 bridgehead atoms. The number of carboxylic acid groups (broad SMARTS) is 1. The molecule has 0 aromatic heterocycles. The van der Waals surface area contributed by atoms with E-state index in [9.17, 15) is 28.2 Å². The van der Waals surface area contributed by atoms with E-state index in [2.05, 4.69) is 32.9 Å². The number of carboxylic acids is 1. The van der Waals surface area contributed by atoms with Gasteiger partial charge in [0.2, 0.25) is 0 Å². The van der Waals surface area contributed by atoms with E-state index in [1.54, 1.807) is 18.2 Å². The van der Waals surface area contributed by atoms with Crippen molar-refractivity contribution >= 4 is 50.7 Å². The number of carbonyl (C=O) groups is 1. The number of benzene rings is 3. The van der Waals surface area contributed by atoms with Gasteiger partial charge in [-0.15, -0.1) is 0 Å². The van der Waals surface area contributed by atoms with E-state index in [-0.39, 0.29) is 6.42 Å². The Labute approximate surface area is 327 Å². The monoisotopic (exact) mass is 781 g/mol. The summed E-state index contributed by atoms with van der Waals surface area (Å²) in [5.74, 6) is -0.914. The molecule has 3 rings (SSSR count). The summed E-state index contributed by atoms with van der Waals surface area (Å²) in [5.41, 5.74) is -0.144. The maximum absolute atomic E-state index is 13.4. The summed E-state index contributed by atoms with van der Waals surface area (Å²) in [7, 11) is 0. The summed E-state index contributed by atoms with van der Waals surface area (Å²) < 4.78 is 40.3. The van der Waals surface area contributed by atoms with Crippen LogP contribution in [0.5, 0.6) is 0 Å². The van der Waals surface area contributed by atoms with Crippen molar-refractivity contribution < 1.29 is 33.1 Å². The average molecular weight is 783 g/mol. The fourth-order valence-electron chi connectivity index (χ4n) is 6.72. The largest absolute Gasteiger partial charge is 0.550 e. The molecule has 0 fully saturated rings. The Morgan fingerprint density at radius 1 is 0.717 bits per heavy atom. The second-order valence-electron chi connectivity index (χ2n) is 14.4. The zero-order chi connectivity index (χ0) is 39.1. The lowest BCUT2D eigenvalue weighted by Crippen LogP contribution is -3.12. The number of aliphatic hydroxyl groups excluding tert-OH is 1. The number of carbonyl (C=O) groups excluding carboxylic acids is 1. The molecular formula is C44H64Cl2F3NO3. The van der Waals surface area contributed by atoms with Gasteiger partial charge in [-0.3, -0.25) is 0 Å². The van der Waals surface area contributed by atoms with E-state index < -0.39 is 23.8 Å². The minimum atomic E-state index is -4.47. The van der Waals surface area contributed by atoms with Gasteiger partial charge in [-0.2, -0.15) is 13.2 Å². The number of nitrogens with one attached hydrogen (secondary N) is 1. The second kappa shape index (κ2) is 26.5. The molecule has 0 radical (unpaired) electrons. The Morgan fingerprint density at radius 2 is 1.26 bits per heavy atom. The molecule has 53 heavy (non-hydrogen) atoms. The van der Waals surface area contributed by atoms with Crippen LogP contribution >= 0.6 is 23.2 Å². The Kier molecular flexibility index (Phi) is 23.4. The topological polar surface area (TPSA) is 64.8 Å². The highest BCUT2D eigenvalue weighted by Crippen LogP contribution is 2.40. The molecule has 2 N–H and O–H groups in total. The quantitative estimate of drug-likeness (QED) is 0.0511. The van der Waals surface area contributed by atoms with E-state index in [1.165, 1.54) is 75.2 Å². The smallest absolute Gasteiger partial charge is 0.416 e. The summed E-state index contributed by atoms with van der Waals surface area (Å²) in [6.07, 6.45) is 20.6. The van der Waals surface area contributed by atoms with E-state index >= 15 is 0 Å². The third-order valence-corrected chi connectivity index (χ3v) is 10.4. The lowest BCUT2D eigenvalue weighted by Gasteiger charge is -2.22. The molecule has 0 amide bonds. The molecule has 4 nitrogen and oxygen atoms in total. The maximum atomic E-state index is 13.4. The highest BCUT2D eigenvalue weighted by Gasteiger charge is 2.31. The molecular weight excluding hydrogens is 718 g/mol. The standard InChI is InChI=1S/C26H30Cl2F3NO.C18H34O2/c1-3-5-10-32(11-6-4-2)12-9-25(33)23-16-22-21(14-18(27)15-24(22)28)20-13-17(26(29,30)31)7-8-19(20)23;1-2-3-4-5-6-7-8-9-10-11-12-13-14-15-16-17-18(19)20/h7-8,13-16,25,33H,3-6,9-12H2,1-2H3;9-10H,2-8,11-17H2,1H3,(H,19,20)/b;10-9+. The molecule has 9 heteroatoms. The zero-order valence-corrected chi connectivity index (χ0v) is 33.9. The van der Waals surface area contributed by atoms with Gasteiger partial charge in [-0.25, -0.2) is 0 Å². The van der Waals surface area contributed by atoms with Gasteiger partial charge in [0.25, 0.3) is 0 Å². The number of halogens is 5. The van der Waals surface area contributed by atoms with Gasteiger partial charge in [0.05, 0.1) is 31.3 Å². The van der Waals surface area contributed by atoms with Crippen molar-refractivity contribution in [2.24, 2.45) is 0 Å². The summed E-state index contributed by atoms with van der Waals surface area (Å²) in [5, 5.41) is 24.2. The number of hydrogen-bond acceptors (Lipinski definition) is 3. The summed E-state index contributed by atoms with van der Waals surface area (Å²) >= 11 is 12.6. The number of quaternary nitrogens is 1. The lowest BCUT2D eigenvalue weighted by molar-refractivity contribution is -0.901. The van der Waals surface area contributed by atoms with Crippen LogP contribution in [-0.2, 0) is 11.0 Å². The zero-order valence-electron chi connectivity index (χ0n) is 32.4. The highest BCUT2D eigenvalue weighted by molar-refractivity contribution is 6.39. The minimum Gasteiger partial charge on any atom is -0.550 e. The summed E-state index contributed by atoms with van der Waals surface area (Å²) in [6, 6.07) is 8.64. The van der Waals surface area contributed by atoms with Crippen molar-refractivity contribution in [3.63, 3.8) is 0 Å². The molecule has 0 aliphatic rings. The predicted molar refractivity (Wildman–Crippen MR) is 216 cm³/mol. The Balaban J connectivity index is 0.000000419. The SMILES string of the molecule is CCCCCCCC/C=C/CCCCCCCC(=O)[O-].CCCC[NH+](CCCC)CCC(O)c1cc2c(Cl)cc(Cl)cc2c2cc(C(F)(F)F)ccc12. The molecule has 0 aliphatic carbocycles. The van der Waals surface area contributed by atoms with Crippen LogP contribution in [0.25, 0.3) is 21.5 Å². The van der Waals surface area contributed by atoms with Crippen LogP contribution in [0.2, 0.25) is 10.0 Å². The Bertz CT molecular complexity index is 1500. The number of aliphatic hydroxyl groups is 1. The van der Waals surface area contributed by atoms with Gasteiger partial charge in [0.1, 0.15) is 0 Å². The molecule has 0 saturated carbocycles. The number of alkyl halides is 3. The van der Waals surface area contributed by atoms with Gasteiger partial charge in [-0.05, 0) is 103 Å². The van der Waals surface area contributed by atoms with Gasteiger partial charge in [0.15, 0.2) is 0 Å². The fraction of sp³-hybridized carbons (Fsp3) is 0.614. The van der Waals surface area contributed by atoms with Gasteiger partial charge >= 0.3 is 6.18 Å². The molecule has 1 unspecified atom stereocenters. The van der Waals surface area contributed by atoms with Crippen molar-refractivity contribution in [3.05, 3.63) is 69.7 Å². The first-order valence-electron chi connectivity index (χ1n) is 20.2. The van der Waals surface area contributed by atoms with Crippen LogP contribution in [0, 0.1) is 0 Å². The van der Waals surface area contributed by atoms with Gasteiger partial charge < -0.3 is 19.9 Å². The normalized spacial score (nSPS) is 12.6. The third kappa shape index (κ3) is 18.2. The highest BCUT2D eigenvalue weighted by atomic mass is 35.5. The van der Waals surface area contributed by atoms with Crippen LogP contribution in [0.3, 0.4) is 0 Å². The summed E-state index contributed by atoms with van der Waals surface area (Å²) in [4.78, 5) is 11.7. The van der Waals surface area contributed by atoms with Crippen LogP contribution < -0.4 is 10.0 Å². The van der Waals surface area contributed by atoms with Crippen LogP contribution in [0.1, 0.15) is 160 Å². The first-order valence-corrected chi connectivity index (χ1v) is 21.0. The second-order valence-corrected chi connectivity index (χ2v) is 15.3. The molecule has 3 aromatic carbocycles. The number of rotatable bonds is 25. The van der Waals surface area contributed by atoms with Gasteiger partial charge in [0, 0.05) is 27.8 Å². The number of aliphatic carboxylic acids is 1. The first kappa shape index (κ1) is 46.8. The maximum Gasteiger partial charge on any atom is 0.416 e. The van der Waals surface area contributed by atoms with E-state index in [0.29, 0.717) is 43.6 Å².